The summed E-state index contributed by atoms with van der Waals surface area (Å²) in [6.45, 7) is 5.05. The molecule has 25 heavy (non-hydrogen) atoms. The summed E-state index contributed by atoms with van der Waals surface area (Å²) in [7, 11) is 0. The first-order valence-corrected chi connectivity index (χ1v) is 10.8. The van der Waals surface area contributed by atoms with Gasteiger partial charge in [0.2, 0.25) is 0 Å². The standard InChI is InChI=1S/C22H42O3/c1-3-4-5-6-7-8-9-10-11-12-13-14-15-16-17-20(2)22-24-19-21(18-23)25-22/h13-14,20-23H,3-12,15-19H2,1-2H3/b14-13-/t20-,21-,22-/m0/s1. The first-order chi connectivity index (χ1) is 12.3. The Morgan fingerprint density at radius 2 is 1.52 bits per heavy atom. The highest BCUT2D eigenvalue weighted by atomic mass is 16.7. The van der Waals surface area contributed by atoms with E-state index < -0.39 is 0 Å². The van der Waals surface area contributed by atoms with Crippen LogP contribution in [0.2, 0.25) is 0 Å². The smallest absolute Gasteiger partial charge is 0.160 e. The van der Waals surface area contributed by atoms with Gasteiger partial charge >= 0.3 is 0 Å². The molecule has 1 aliphatic heterocycles. The van der Waals surface area contributed by atoms with E-state index in [2.05, 4.69) is 26.0 Å². The molecule has 0 aliphatic carbocycles. The average Bonchev–Trinajstić information content (AvgIpc) is 3.11. The minimum Gasteiger partial charge on any atom is -0.394 e. The largest absolute Gasteiger partial charge is 0.394 e. The third kappa shape index (κ3) is 11.8. The second-order valence-electron chi connectivity index (χ2n) is 7.64. The minimum absolute atomic E-state index is 0.0603. The first kappa shape index (κ1) is 22.7. The molecule has 1 heterocycles. The summed E-state index contributed by atoms with van der Waals surface area (Å²) in [5.74, 6) is 0.405. The highest BCUT2D eigenvalue weighted by Gasteiger charge is 2.29. The zero-order chi connectivity index (χ0) is 18.2. The van der Waals surface area contributed by atoms with Gasteiger partial charge in [0.1, 0.15) is 6.10 Å². The number of aliphatic hydroxyl groups is 1. The SMILES string of the molecule is CCCCCCCCCCC/C=C\CCC[C@H](C)[C@H]1OC[C@H](CO)O1. The van der Waals surface area contributed by atoms with Crippen LogP contribution in [0.15, 0.2) is 12.2 Å². The lowest BCUT2D eigenvalue weighted by Crippen LogP contribution is -2.21. The molecule has 3 heteroatoms. The lowest BCUT2D eigenvalue weighted by Gasteiger charge is -2.17. The van der Waals surface area contributed by atoms with E-state index in [1.54, 1.807) is 0 Å². The highest BCUT2D eigenvalue weighted by molar-refractivity contribution is 4.81. The van der Waals surface area contributed by atoms with Crippen LogP contribution in [0.3, 0.4) is 0 Å². The molecule has 1 rings (SSSR count). The van der Waals surface area contributed by atoms with E-state index in [4.69, 9.17) is 14.6 Å². The Hall–Kier alpha value is -0.380. The van der Waals surface area contributed by atoms with Crippen molar-refractivity contribution in [3.8, 4) is 0 Å². The highest BCUT2D eigenvalue weighted by Crippen LogP contribution is 2.23. The Balaban J connectivity index is 1.84. The van der Waals surface area contributed by atoms with E-state index in [-0.39, 0.29) is 19.0 Å². The molecule has 0 aromatic carbocycles. The predicted octanol–water partition coefficient (Wildman–Crippen LogP) is 6.00. The molecule has 0 aromatic heterocycles. The molecule has 3 atom stereocenters. The molecule has 0 bridgehead atoms. The summed E-state index contributed by atoms with van der Waals surface area (Å²) in [5, 5.41) is 9.06. The Labute approximate surface area is 156 Å². The first-order valence-electron chi connectivity index (χ1n) is 10.8. The van der Waals surface area contributed by atoms with Crippen molar-refractivity contribution in [2.45, 2.75) is 110 Å². The maximum Gasteiger partial charge on any atom is 0.160 e. The average molecular weight is 355 g/mol. The summed E-state index contributed by atoms with van der Waals surface area (Å²) < 4.78 is 11.2. The molecule has 0 radical (unpaired) electrons. The van der Waals surface area contributed by atoms with Crippen molar-refractivity contribution in [2.75, 3.05) is 13.2 Å². The molecule has 148 valence electrons. The van der Waals surface area contributed by atoms with E-state index in [0.717, 1.165) is 12.8 Å². The van der Waals surface area contributed by atoms with Crippen molar-refractivity contribution in [2.24, 2.45) is 5.92 Å². The molecule has 0 spiro atoms. The number of rotatable bonds is 16. The Morgan fingerprint density at radius 3 is 2.12 bits per heavy atom. The Kier molecular flexibility index (Phi) is 14.4. The van der Waals surface area contributed by atoms with E-state index >= 15 is 0 Å². The van der Waals surface area contributed by atoms with Crippen molar-refractivity contribution in [3.63, 3.8) is 0 Å². The van der Waals surface area contributed by atoms with Crippen molar-refractivity contribution >= 4 is 0 Å². The Bertz CT molecular complexity index is 316. The quantitative estimate of drug-likeness (QED) is 0.273. The van der Waals surface area contributed by atoms with Crippen LogP contribution in [-0.2, 0) is 9.47 Å². The van der Waals surface area contributed by atoms with Gasteiger partial charge in [0.15, 0.2) is 6.29 Å². The van der Waals surface area contributed by atoms with Gasteiger partial charge in [-0.1, -0.05) is 77.4 Å². The Morgan fingerprint density at radius 1 is 0.920 bits per heavy atom. The van der Waals surface area contributed by atoms with E-state index in [1.165, 1.54) is 70.6 Å². The minimum atomic E-state index is -0.122. The fourth-order valence-electron chi connectivity index (χ4n) is 3.37. The second-order valence-corrected chi connectivity index (χ2v) is 7.64. The molecule has 1 fully saturated rings. The van der Waals surface area contributed by atoms with E-state index in [1.807, 2.05) is 0 Å². The van der Waals surface area contributed by atoms with Gasteiger partial charge in [0, 0.05) is 5.92 Å². The zero-order valence-electron chi connectivity index (χ0n) is 16.8. The summed E-state index contributed by atoms with van der Waals surface area (Å²) in [6.07, 6.45) is 21.7. The van der Waals surface area contributed by atoms with E-state index in [0.29, 0.717) is 12.5 Å². The third-order valence-corrected chi connectivity index (χ3v) is 5.11. The number of allylic oxidation sites excluding steroid dienone is 2. The number of ether oxygens (including phenoxy) is 2. The normalized spacial score (nSPS) is 22.0. The second kappa shape index (κ2) is 15.8. The van der Waals surface area contributed by atoms with Gasteiger partial charge in [-0.05, 0) is 32.1 Å². The third-order valence-electron chi connectivity index (χ3n) is 5.11. The zero-order valence-corrected chi connectivity index (χ0v) is 16.8. The van der Waals surface area contributed by atoms with Gasteiger partial charge in [0.05, 0.1) is 13.2 Å². The van der Waals surface area contributed by atoms with Gasteiger partial charge < -0.3 is 14.6 Å². The molecule has 1 N–H and O–H groups in total. The summed E-state index contributed by atoms with van der Waals surface area (Å²) >= 11 is 0. The van der Waals surface area contributed by atoms with Crippen LogP contribution in [0.25, 0.3) is 0 Å². The lowest BCUT2D eigenvalue weighted by atomic mass is 10.0. The summed E-state index contributed by atoms with van der Waals surface area (Å²) in [5.41, 5.74) is 0. The van der Waals surface area contributed by atoms with Gasteiger partial charge in [-0.15, -0.1) is 0 Å². The van der Waals surface area contributed by atoms with Crippen LogP contribution >= 0.6 is 0 Å². The maximum atomic E-state index is 9.06. The van der Waals surface area contributed by atoms with E-state index in [9.17, 15) is 0 Å². The van der Waals surface area contributed by atoms with Gasteiger partial charge in [-0.3, -0.25) is 0 Å². The topological polar surface area (TPSA) is 38.7 Å². The summed E-state index contributed by atoms with van der Waals surface area (Å²) in [6, 6.07) is 0. The van der Waals surface area contributed by atoms with Crippen molar-refractivity contribution in [1.82, 2.24) is 0 Å². The lowest BCUT2D eigenvalue weighted by molar-refractivity contribution is -0.0991. The fraction of sp³-hybridized carbons (Fsp3) is 0.909. The van der Waals surface area contributed by atoms with Crippen LogP contribution in [0.1, 0.15) is 97.3 Å². The number of hydrogen-bond donors (Lipinski definition) is 1. The van der Waals surface area contributed by atoms with Crippen molar-refractivity contribution in [3.05, 3.63) is 12.2 Å². The molecule has 3 nitrogen and oxygen atoms in total. The number of aliphatic hydroxyl groups excluding tert-OH is 1. The van der Waals surface area contributed by atoms with Crippen molar-refractivity contribution in [1.29, 1.82) is 0 Å². The predicted molar refractivity (Wildman–Crippen MR) is 106 cm³/mol. The fourth-order valence-corrected chi connectivity index (χ4v) is 3.37. The van der Waals surface area contributed by atoms with Crippen molar-refractivity contribution < 1.29 is 14.6 Å². The molecule has 0 amide bonds. The summed E-state index contributed by atoms with van der Waals surface area (Å²) in [4.78, 5) is 0. The molecular formula is C22H42O3. The molecule has 1 saturated heterocycles. The molecule has 0 saturated carbocycles. The van der Waals surface area contributed by atoms with Crippen LogP contribution < -0.4 is 0 Å². The monoisotopic (exact) mass is 354 g/mol. The van der Waals surface area contributed by atoms with Crippen LogP contribution in [0.4, 0.5) is 0 Å². The van der Waals surface area contributed by atoms with Crippen LogP contribution in [0.5, 0.6) is 0 Å². The molecular weight excluding hydrogens is 312 g/mol. The van der Waals surface area contributed by atoms with Gasteiger partial charge in [-0.25, -0.2) is 0 Å². The van der Waals surface area contributed by atoms with Crippen LogP contribution in [0, 0.1) is 5.92 Å². The number of unbranched alkanes of at least 4 members (excludes halogenated alkanes) is 10. The molecule has 0 unspecified atom stereocenters. The van der Waals surface area contributed by atoms with Gasteiger partial charge in [-0.2, -0.15) is 0 Å². The molecule has 1 aliphatic rings. The molecule has 0 aromatic rings. The van der Waals surface area contributed by atoms with Crippen LogP contribution in [-0.4, -0.2) is 30.7 Å². The maximum absolute atomic E-state index is 9.06. The van der Waals surface area contributed by atoms with Gasteiger partial charge in [0.25, 0.3) is 0 Å². The number of hydrogen-bond acceptors (Lipinski definition) is 3.